The minimum absolute atomic E-state index is 0.226. The van der Waals surface area contributed by atoms with Gasteiger partial charge in [0.25, 0.3) is 0 Å². The number of likely N-dealkylation sites (tertiary alicyclic amines) is 1. The lowest BCUT2D eigenvalue weighted by Gasteiger charge is -2.32. The van der Waals surface area contributed by atoms with Crippen molar-refractivity contribution >= 4 is 5.91 Å². The molecule has 1 aliphatic heterocycles. The Labute approximate surface area is 97.9 Å². The lowest BCUT2D eigenvalue weighted by Crippen LogP contribution is -2.40. The molecule has 1 amide bonds. The standard InChI is InChI=1S/C12H23NO3/c1-15-8-5-11-4-3-7-13(10-11)12(14)6-9-16-2/h11H,3-10H2,1-2H3. The first-order valence-electron chi connectivity index (χ1n) is 6.03. The number of methoxy groups -OCH3 is 2. The molecule has 0 bridgehead atoms. The van der Waals surface area contributed by atoms with Gasteiger partial charge in [-0.1, -0.05) is 0 Å². The molecule has 4 nitrogen and oxygen atoms in total. The molecule has 1 aliphatic rings. The number of rotatable bonds is 6. The van der Waals surface area contributed by atoms with Crippen LogP contribution in [0.15, 0.2) is 0 Å². The van der Waals surface area contributed by atoms with Crippen molar-refractivity contribution in [1.82, 2.24) is 4.90 Å². The molecule has 16 heavy (non-hydrogen) atoms. The molecule has 4 heteroatoms. The zero-order valence-electron chi connectivity index (χ0n) is 10.4. The van der Waals surface area contributed by atoms with Crippen LogP contribution >= 0.6 is 0 Å². The summed E-state index contributed by atoms with van der Waals surface area (Å²) in [6, 6.07) is 0. The highest BCUT2D eigenvalue weighted by atomic mass is 16.5. The summed E-state index contributed by atoms with van der Waals surface area (Å²) >= 11 is 0. The Bertz CT molecular complexity index is 208. The topological polar surface area (TPSA) is 38.8 Å². The van der Waals surface area contributed by atoms with Gasteiger partial charge in [0.1, 0.15) is 0 Å². The highest BCUT2D eigenvalue weighted by molar-refractivity contribution is 5.76. The molecule has 0 radical (unpaired) electrons. The number of carbonyl (C=O) groups is 1. The van der Waals surface area contributed by atoms with Crippen LogP contribution in [0.3, 0.4) is 0 Å². The zero-order valence-corrected chi connectivity index (χ0v) is 10.4. The number of ether oxygens (including phenoxy) is 2. The number of amides is 1. The van der Waals surface area contributed by atoms with E-state index in [0.29, 0.717) is 18.9 Å². The first-order valence-corrected chi connectivity index (χ1v) is 6.03. The molecule has 0 N–H and O–H groups in total. The van der Waals surface area contributed by atoms with Crippen molar-refractivity contribution in [3.63, 3.8) is 0 Å². The highest BCUT2D eigenvalue weighted by Gasteiger charge is 2.22. The van der Waals surface area contributed by atoms with E-state index < -0.39 is 0 Å². The van der Waals surface area contributed by atoms with E-state index in [2.05, 4.69) is 0 Å². The van der Waals surface area contributed by atoms with Gasteiger partial charge in [0, 0.05) is 33.9 Å². The summed E-state index contributed by atoms with van der Waals surface area (Å²) in [6.07, 6.45) is 3.91. The van der Waals surface area contributed by atoms with Gasteiger partial charge < -0.3 is 14.4 Å². The molecular weight excluding hydrogens is 206 g/mol. The average molecular weight is 229 g/mol. The molecule has 0 spiro atoms. The van der Waals surface area contributed by atoms with Gasteiger partial charge in [-0.25, -0.2) is 0 Å². The second kappa shape index (κ2) is 7.63. The molecule has 1 fully saturated rings. The van der Waals surface area contributed by atoms with Crippen molar-refractivity contribution in [3.8, 4) is 0 Å². The van der Waals surface area contributed by atoms with Crippen LogP contribution in [0.25, 0.3) is 0 Å². The maximum Gasteiger partial charge on any atom is 0.224 e. The molecule has 1 atom stereocenters. The van der Waals surface area contributed by atoms with Crippen LogP contribution in [0.4, 0.5) is 0 Å². The van der Waals surface area contributed by atoms with Crippen LogP contribution < -0.4 is 0 Å². The maximum atomic E-state index is 11.8. The molecule has 0 saturated carbocycles. The quantitative estimate of drug-likeness (QED) is 0.689. The first kappa shape index (κ1) is 13.5. The van der Waals surface area contributed by atoms with E-state index in [4.69, 9.17) is 9.47 Å². The van der Waals surface area contributed by atoms with Crippen LogP contribution in [0.2, 0.25) is 0 Å². The molecule has 1 heterocycles. The van der Waals surface area contributed by atoms with Crippen LogP contribution in [-0.4, -0.2) is 51.3 Å². The Kier molecular flexibility index (Phi) is 6.42. The smallest absolute Gasteiger partial charge is 0.224 e. The van der Waals surface area contributed by atoms with Gasteiger partial charge in [-0.2, -0.15) is 0 Å². The largest absolute Gasteiger partial charge is 0.385 e. The lowest BCUT2D eigenvalue weighted by molar-refractivity contribution is -0.134. The van der Waals surface area contributed by atoms with E-state index in [9.17, 15) is 4.79 Å². The molecular formula is C12H23NO3. The molecule has 0 aliphatic carbocycles. The van der Waals surface area contributed by atoms with Gasteiger partial charge in [0.05, 0.1) is 13.0 Å². The molecule has 94 valence electrons. The summed E-state index contributed by atoms with van der Waals surface area (Å²) in [5.74, 6) is 0.837. The van der Waals surface area contributed by atoms with Crippen LogP contribution in [0.1, 0.15) is 25.7 Å². The number of nitrogens with zero attached hydrogens (tertiary/aromatic N) is 1. The third-order valence-corrected chi connectivity index (χ3v) is 3.12. The summed E-state index contributed by atoms with van der Waals surface area (Å²) in [5, 5.41) is 0. The van der Waals surface area contributed by atoms with E-state index in [1.165, 1.54) is 6.42 Å². The second-order valence-electron chi connectivity index (χ2n) is 4.37. The maximum absolute atomic E-state index is 11.8. The van der Waals surface area contributed by atoms with E-state index in [1.54, 1.807) is 14.2 Å². The van der Waals surface area contributed by atoms with Gasteiger partial charge in [-0.15, -0.1) is 0 Å². The number of hydrogen-bond acceptors (Lipinski definition) is 3. The minimum atomic E-state index is 0.226. The van der Waals surface area contributed by atoms with Crippen molar-refractivity contribution in [2.45, 2.75) is 25.7 Å². The molecule has 0 aromatic carbocycles. The predicted molar refractivity (Wildman–Crippen MR) is 62.3 cm³/mol. The third kappa shape index (κ3) is 4.49. The fourth-order valence-corrected chi connectivity index (χ4v) is 2.16. The summed E-state index contributed by atoms with van der Waals surface area (Å²) in [5.41, 5.74) is 0. The summed E-state index contributed by atoms with van der Waals surface area (Å²) in [7, 11) is 3.36. The Morgan fingerprint density at radius 2 is 2.06 bits per heavy atom. The van der Waals surface area contributed by atoms with Gasteiger partial charge in [-0.3, -0.25) is 4.79 Å². The molecule has 1 unspecified atom stereocenters. The van der Waals surface area contributed by atoms with E-state index >= 15 is 0 Å². The molecule has 0 aromatic rings. The number of piperidine rings is 1. The van der Waals surface area contributed by atoms with Crippen LogP contribution in [0.5, 0.6) is 0 Å². The Balaban J connectivity index is 2.28. The zero-order chi connectivity index (χ0) is 11.8. The van der Waals surface area contributed by atoms with Crippen molar-refractivity contribution in [2.24, 2.45) is 5.92 Å². The van der Waals surface area contributed by atoms with Crippen molar-refractivity contribution in [3.05, 3.63) is 0 Å². The van der Waals surface area contributed by atoms with E-state index in [0.717, 1.165) is 32.5 Å². The average Bonchev–Trinajstić information content (AvgIpc) is 2.33. The summed E-state index contributed by atoms with van der Waals surface area (Å²) < 4.78 is 10.0. The normalized spacial score (nSPS) is 21.1. The fraction of sp³-hybridized carbons (Fsp3) is 0.917. The highest BCUT2D eigenvalue weighted by Crippen LogP contribution is 2.20. The Morgan fingerprint density at radius 3 is 2.75 bits per heavy atom. The van der Waals surface area contributed by atoms with Gasteiger partial charge in [0.2, 0.25) is 5.91 Å². The van der Waals surface area contributed by atoms with Gasteiger partial charge >= 0.3 is 0 Å². The minimum Gasteiger partial charge on any atom is -0.385 e. The fourth-order valence-electron chi connectivity index (χ4n) is 2.16. The van der Waals surface area contributed by atoms with Crippen molar-refractivity contribution in [1.29, 1.82) is 0 Å². The SMILES string of the molecule is COCCC(=O)N1CCCC(CCOC)C1. The lowest BCUT2D eigenvalue weighted by atomic mass is 9.95. The van der Waals surface area contributed by atoms with Crippen molar-refractivity contribution in [2.75, 3.05) is 40.5 Å². The summed E-state index contributed by atoms with van der Waals surface area (Å²) in [4.78, 5) is 13.8. The second-order valence-corrected chi connectivity index (χ2v) is 4.37. The molecule has 1 saturated heterocycles. The van der Waals surface area contributed by atoms with Crippen LogP contribution in [-0.2, 0) is 14.3 Å². The first-order chi connectivity index (χ1) is 7.77. The summed E-state index contributed by atoms with van der Waals surface area (Å²) in [6.45, 7) is 3.13. The van der Waals surface area contributed by atoms with Crippen molar-refractivity contribution < 1.29 is 14.3 Å². The van der Waals surface area contributed by atoms with E-state index in [1.807, 2.05) is 4.90 Å². The molecule has 1 rings (SSSR count). The van der Waals surface area contributed by atoms with E-state index in [-0.39, 0.29) is 5.91 Å². The van der Waals surface area contributed by atoms with Crippen LogP contribution in [0, 0.1) is 5.92 Å². The Hall–Kier alpha value is -0.610. The molecule has 0 aromatic heterocycles. The van der Waals surface area contributed by atoms with Gasteiger partial charge in [0.15, 0.2) is 0 Å². The number of carbonyl (C=O) groups excluding carboxylic acids is 1. The monoisotopic (exact) mass is 229 g/mol. The van der Waals surface area contributed by atoms with Gasteiger partial charge in [-0.05, 0) is 25.2 Å². The predicted octanol–water partition coefficient (Wildman–Crippen LogP) is 1.30. The third-order valence-electron chi connectivity index (χ3n) is 3.12. The Morgan fingerprint density at radius 1 is 1.31 bits per heavy atom. The number of hydrogen-bond donors (Lipinski definition) is 0.